The Bertz CT molecular complexity index is 847. The first-order chi connectivity index (χ1) is 21.5. The highest BCUT2D eigenvalue weighted by Gasteiger charge is 2.19. The molecule has 0 radical (unpaired) electrons. The van der Waals surface area contributed by atoms with E-state index in [1.807, 2.05) is 30.3 Å². The van der Waals surface area contributed by atoms with E-state index in [0.717, 1.165) is 5.56 Å². The van der Waals surface area contributed by atoms with E-state index in [4.69, 9.17) is 37.9 Å². The average molecular weight is 631 g/mol. The fourth-order valence-electron chi connectivity index (χ4n) is 3.47. The third-order valence-corrected chi connectivity index (χ3v) is 5.80. The molecule has 1 rings (SSSR count). The highest BCUT2D eigenvalue weighted by molar-refractivity contribution is 5.83. The molecular weight excluding hydrogens is 580 g/mol. The van der Waals surface area contributed by atoms with E-state index in [-0.39, 0.29) is 26.1 Å². The fourth-order valence-corrected chi connectivity index (χ4v) is 3.47. The number of carbonyl (C=O) groups excluding carboxylic acids is 2. The van der Waals surface area contributed by atoms with Crippen molar-refractivity contribution in [3.63, 3.8) is 0 Å². The van der Waals surface area contributed by atoms with Crippen molar-refractivity contribution in [1.82, 2.24) is 10.6 Å². The molecule has 0 spiro atoms. The second-order valence-corrected chi connectivity index (χ2v) is 9.36. The molecule has 1 aromatic rings. The van der Waals surface area contributed by atoms with E-state index in [1.165, 1.54) is 0 Å². The Morgan fingerprint density at radius 2 is 1.20 bits per heavy atom. The molecule has 0 bridgehead atoms. The summed E-state index contributed by atoms with van der Waals surface area (Å²) < 4.78 is 42.3. The van der Waals surface area contributed by atoms with Crippen LogP contribution in [0.3, 0.4) is 0 Å². The van der Waals surface area contributed by atoms with Crippen LogP contribution in [0, 0.1) is 0 Å². The van der Waals surface area contributed by atoms with Crippen molar-refractivity contribution >= 4 is 18.0 Å². The lowest BCUT2D eigenvalue weighted by atomic mass is 10.1. The fraction of sp³-hybridized carbons (Fsp3) is 0.700. The van der Waals surface area contributed by atoms with Crippen LogP contribution < -0.4 is 10.6 Å². The molecular formula is C30H50N2O12. The number of amides is 2. The van der Waals surface area contributed by atoms with Crippen LogP contribution in [0.2, 0.25) is 0 Å². The maximum Gasteiger partial charge on any atom is 0.407 e. The van der Waals surface area contributed by atoms with Crippen LogP contribution in [0.1, 0.15) is 31.2 Å². The van der Waals surface area contributed by atoms with Gasteiger partial charge in [0, 0.05) is 20.1 Å². The molecule has 0 heterocycles. The van der Waals surface area contributed by atoms with Crippen LogP contribution in [0.25, 0.3) is 0 Å². The van der Waals surface area contributed by atoms with Gasteiger partial charge < -0.3 is 53.6 Å². The number of carbonyl (C=O) groups is 3. The molecule has 44 heavy (non-hydrogen) atoms. The third kappa shape index (κ3) is 24.6. The molecule has 252 valence electrons. The summed E-state index contributed by atoms with van der Waals surface area (Å²) in [6.45, 7) is 6.20. The van der Waals surface area contributed by atoms with Gasteiger partial charge in [-0.15, -0.1) is 0 Å². The van der Waals surface area contributed by atoms with Gasteiger partial charge in [0.25, 0.3) is 0 Å². The van der Waals surface area contributed by atoms with Crippen molar-refractivity contribution < 1.29 is 57.4 Å². The van der Waals surface area contributed by atoms with Gasteiger partial charge in [0.05, 0.1) is 85.9 Å². The first kappa shape index (κ1) is 39.2. The summed E-state index contributed by atoms with van der Waals surface area (Å²) in [6, 6.07) is 8.31. The van der Waals surface area contributed by atoms with Gasteiger partial charge in [-0.2, -0.15) is 0 Å². The molecule has 0 aromatic heterocycles. The molecule has 0 aliphatic heterocycles. The quantitative estimate of drug-likeness (QED) is 0.106. The number of ether oxygens (including phenoxy) is 8. The zero-order valence-electron chi connectivity index (χ0n) is 25.8. The predicted molar refractivity (Wildman–Crippen MR) is 159 cm³/mol. The zero-order chi connectivity index (χ0) is 31.9. The second-order valence-electron chi connectivity index (χ2n) is 9.36. The minimum Gasteiger partial charge on any atom is -0.480 e. The third-order valence-electron chi connectivity index (χ3n) is 5.80. The summed E-state index contributed by atoms with van der Waals surface area (Å²) in [5.41, 5.74) is 0.885. The summed E-state index contributed by atoms with van der Waals surface area (Å²) in [4.78, 5) is 35.4. The van der Waals surface area contributed by atoms with Crippen molar-refractivity contribution in [3.8, 4) is 0 Å². The minimum atomic E-state index is -1.11. The molecule has 0 saturated heterocycles. The predicted octanol–water partition coefficient (Wildman–Crippen LogP) is 1.79. The maximum absolute atomic E-state index is 12.1. The smallest absolute Gasteiger partial charge is 0.407 e. The summed E-state index contributed by atoms with van der Waals surface area (Å²) in [5.74, 6) is -1.52. The molecule has 0 aliphatic carbocycles. The van der Waals surface area contributed by atoms with Gasteiger partial charge in [0.15, 0.2) is 0 Å². The van der Waals surface area contributed by atoms with Crippen LogP contribution in [-0.4, -0.2) is 129 Å². The number of nitrogens with one attached hydrogen (secondary N) is 2. The summed E-state index contributed by atoms with van der Waals surface area (Å²) in [6.07, 6.45) is 0.790. The van der Waals surface area contributed by atoms with E-state index in [2.05, 4.69) is 10.6 Å². The van der Waals surface area contributed by atoms with Crippen molar-refractivity contribution in [3.05, 3.63) is 35.9 Å². The lowest BCUT2D eigenvalue weighted by Gasteiger charge is -2.15. The summed E-state index contributed by atoms with van der Waals surface area (Å²) >= 11 is 0. The number of rotatable bonds is 30. The zero-order valence-corrected chi connectivity index (χ0v) is 25.8. The Hall–Kier alpha value is -2.85. The molecule has 1 aromatic carbocycles. The van der Waals surface area contributed by atoms with Crippen LogP contribution >= 0.6 is 0 Å². The molecule has 2 amide bonds. The Morgan fingerprint density at radius 3 is 1.70 bits per heavy atom. The summed E-state index contributed by atoms with van der Waals surface area (Å²) in [7, 11) is 1.63. The van der Waals surface area contributed by atoms with Crippen molar-refractivity contribution in [2.24, 2.45) is 0 Å². The van der Waals surface area contributed by atoms with Gasteiger partial charge in [-0.1, -0.05) is 30.3 Å². The van der Waals surface area contributed by atoms with E-state index in [9.17, 15) is 19.5 Å². The minimum absolute atomic E-state index is 0.0366. The van der Waals surface area contributed by atoms with E-state index < -0.39 is 24.0 Å². The Morgan fingerprint density at radius 1 is 0.705 bits per heavy atom. The Labute approximate surface area is 259 Å². The number of carboxylic acid groups (broad SMARTS) is 1. The monoisotopic (exact) mass is 630 g/mol. The number of methoxy groups -OCH3 is 1. The SMILES string of the molecule is COCCOCCOCCOCCOCCOCCOCCC(=O)N[C@@H](CCCCNC(=O)OCc1ccccc1)C(=O)O. The maximum atomic E-state index is 12.1. The van der Waals surface area contributed by atoms with Crippen LogP contribution in [-0.2, 0) is 54.1 Å². The van der Waals surface area contributed by atoms with Gasteiger partial charge in [0.1, 0.15) is 12.6 Å². The number of benzene rings is 1. The van der Waals surface area contributed by atoms with E-state index in [0.29, 0.717) is 98.7 Å². The average Bonchev–Trinajstić information content (AvgIpc) is 3.02. The number of hydrogen-bond acceptors (Lipinski definition) is 11. The van der Waals surface area contributed by atoms with Crippen molar-refractivity contribution in [2.45, 2.75) is 38.3 Å². The van der Waals surface area contributed by atoms with Crippen molar-refractivity contribution in [2.75, 3.05) is 99.5 Å². The van der Waals surface area contributed by atoms with Gasteiger partial charge >= 0.3 is 12.1 Å². The van der Waals surface area contributed by atoms with Gasteiger partial charge in [-0.3, -0.25) is 4.79 Å². The Balaban J connectivity index is 1.89. The lowest BCUT2D eigenvalue weighted by molar-refractivity contribution is -0.142. The van der Waals surface area contributed by atoms with Crippen LogP contribution in [0.5, 0.6) is 0 Å². The molecule has 3 N–H and O–H groups in total. The number of carboxylic acids is 1. The molecule has 0 fully saturated rings. The molecule has 14 heteroatoms. The second kappa shape index (κ2) is 28.9. The lowest BCUT2D eigenvalue weighted by Crippen LogP contribution is -2.41. The van der Waals surface area contributed by atoms with Crippen LogP contribution in [0.15, 0.2) is 30.3 Å². The van der Waals surface area contributed by atoms with E-state index in [1.54, 1.807) is 7.11 Å². The first-order valence-electron chi connectivity index (χ1n) is 14.9. The normalized spacial score (nSPS) is 11.7. The number of aliphatic carboxylic acids is 1. The summed E-state index contributed by atoms with van der Waals surface area (Å²) in [5, 5.41) is 14.5. The van der Waals surface area contributed by atoms with Gasteiger partial charge in [0.2, 0.25) is 5.91 Å². The first-order valence-corrected chi connectivity index (χ1v) is 14.9. The van der Waals surface area contributed by atoms with Gasteiger partial charge in [-0.05, 0) is 24.8 Å². The molecule has 0 saturated carbocycles. The standard InChI is InChI=1S/C30H50N2O12/c1-37-13-14-39-17-18-41-21-22-43-24-23-42-20-19-40-16-15-38-12-10-28(33)32-27(29(34)35)9-5-6-11-31-30(36)44-25-26-7-3-2-4-8-26/h2-4,7-8,27H,5-6,9-25H2,1H3,(H,31,36)(H,32,33)(H,34,35)/t27-/m0/s1. The highest BCUT2D eigenvalue weighted by atomic mass is 16.6. The van der Waals surface area contributed by atoms with Crippen LogP contribution in [0.4, 0.5) is 4.79 Å². The van der Waals surface area contributed by atoms with Gasteiger partial charge in [-0.25, -0.2) is 9.59 Å². The number of unbranched alkanes of at least 4 members (excludes halogenated alkanes) is 1. The number of hydrogen-bond donors (Lipinski definition) is 3. The number of alkyl carbamates (subject to hydrolysis) is 1. The molecule has 1 atom stereocenters. The van der Waals surface area contributed by atoms with Crippen molar-refractivity contribution in [1.29, 1.82) is 0 Å². The van der Waals surface area contributed by atoms with E-state index >= 15 is 0 Å². The highest BCUT2D eigenvalue weighted by Crippen LogP contribution is 2.03. The molecule has 0 unspecified atom stereocenters. The topological polar surface area (TPSA) is 169 Å². The molecule has 14 nitrogen and oxygen atoms in total. The Kier molecular flexibility index (Phi) is 25.7. The largest absolute Gasteiger partial charge is 0.480 e. The molecule has 0 aliphatic rings.